The van der Waals surface area contributed by atoms with E-state index in [-0.39, 0.29) is 29.8 Å². The molecule has 7 heteroatoms. The number of Topliss-reactive ketones (excluding diaryl/α,β-unsaturated/α-hetero) is 1. The first-order valence-electron chi connectivity index (χ1n) is 11.4. The van der Waals surface area contributed by atoms with Crippen LogP contribution in [0.5, 0.6) is 0 Å². The third-order valence-electron chi connectivity index (χ3n) is 7.02. The average Bonchev–Trinajstić information content (AvgIpc) is 3.07. The predicted molar refractivity (Wildman–Crippen MR) is 117 cm³/mol. The van der Waals surface area contributed by atoms with Crippen LogP contribution in [0.1, 0.15) is 43.7 Å². The van der Waals surface area contributed by atoms with Crippen molar-refractivity contribution in [2.24, 2.45) is 5.92 Å². The van der Waals surface area contributed by atoms with Gasteiger partial charge in [-0.2, -0.15) is 0 Å². The molecule has 5 rings (SSSR count). The Kier molecular flexibility index (Phi) is 6.04. The Morgan fingerprint density at radius 3 is 2.52 bits per heavy atom. The summed E-state index contributed by atoms with van der Waals surface area (Å²) in [5, 5.41) is 0.639. The highest BCUT2D eigenvalue weighted by molar-refractivity contribution is 6.30. The van der Waals surface area contributed by atoms with Crippen LogP contribution in [-0.2, 0) is 19.1 Å². The number of benzene rings is 1. The summed E-state index contributed by atoms with van der Waals surface area (Å²) in [5.74, 6) is 0.132. The van der Waals surface area contributed by atoms with E-state index in [0.717, 1.165) is 70.5 Å². The molecule has 1 amide bonds. The van der Waals surface area contributed by atoms with Gasteiger partial charge in [0.15, 0.2) is 11.5 Å². The van der Waals surface area contributed by atoms with Crippen molar-refractivity contribution in [3.05, 3.63) is 46.2 Å². The molecule has 1 aromatic carbocycles. The zero-order valence-electron chi connectivity index (χ0n) is 17.7. The van der Waals surface area contributed by atoms with Crippen molar-refractivity contribution in [3.63, 3.8) is 0 Å². The maximum absolute atomic E-state index is 13.5. The van der Waals surface area contributed by atoms with Gasteiger partial charge in [-0.3, -0.25) is 14.5 Å². The number of ether oxygens (including phenoxy) is 2. The Bertz CT molecular complexity index is 878. The maximum Gasteiger partial charge on any atom is 0.290 e. The van der Waals surface area contributed by atoms with Crippen molar-refractivity contribution in [1.82, 2.24) is 9.80 Å². The number of halogens is 1. The summed E-state index contributed by atoms with van der Waals surface area (Å²) in [7, 11) is 0. The Hall–Kier alpha value is -1.89. The van der Waals surface area contributed by atoms with E-state index in [0.29, 0.717) is 22.9 Å². The van der Waals surface area contributed by atoms with Crippen LogP contribution in [0, 0.1) is 5.92 Å². The Balaban J connectivity index is 1.41. The minimum atomic E-state index is -0.389. The number of rotatable bonds is 5. The topological polar surface area (TPSA) is 59.1 Å². The third-order valence-corrected chi connectivity index (χ3v) is 7.27. The highest BCUT2D eigenvalue weighted by Gasteiger charge is 2.51. The fraction of sp³-hybridized carbons (Fsp3) is 0.583. The minimum absolute atomic E-state index is 0.106. The molecule has 0 spiro atoms. The fourth-order valence-electron chi connectivity index (χ4n) is 5.40. The largest absolute Gasteiger partial charge is 0.483 e. The van der Waals surface area contributed by atoms with Gasteiger partial charge in [0.05, 0.1) is 30.7 Å². The summed E-state index contributed by atoms with van der Waals surface area (Å²) in [4.78, 5) is 31.2. The molecule has 1 saturated carbocycles. The molecule has 1 saturated heterocycles. The van der Waals surface area contributed by atoms with Crippen LogP contribution in [0.3, 0.4) is 0 Å². The summed E-state index contributed by atoms with van der Waals surface area (Å²) in [6.45, 7) is 4.87. The highest BCUT2D eigenvalue weighted by atomic mass is 35.5. The van der Waals surface area contributed by atoms with E-state index in [2.05, 4.69) is 4.90 Å². The van der Waals surface area contributed by atoms with Gasteiger partial charge in [-0.1, -0.05) is 30.2 Å². The number of carbonyl (C=O) groups excluding carboxylic acids is 2. The normalized spacial score (nSPS) is 29.1. The van der Waals surface area contributed by atoms with Gasteiger partial charge in [0.2, 0.25) is 0 Å². The molecule has 3 aliphatic heterocycles. The van der Waals surface area contributed by atoms with Gasteiger partial charge >= 0.3 is 0 Å². The van der Waals surface area contributed by atoms with Gasteiger partial charge in [0.1, 0.15) is 6.10 Å². The molecule has 166 valence electrons. The minimum Gasteiger partial charge on any atom is -0.483 e. The summed E-state index contributed by atoms with van der Waals surface area (Å²) in [5.41, 5.74) is 1.47. The second kappa shape index (κ2) is 8.93. The van der Waals surface area contributed by atoms with Crippen LogP contribution in [0.15, 0.2) is 35.6 Å². The highest BCUT2D eigenvalue weighted by Crippen LogP contribution is 2.46. The van der Waals surface area contributed by atoms with E-state index in [9.17, 15) is 9.59 Å². The molecule has 2 fully saturated rings. The second-order valence-electron chi connectivity index (χ2n) is 8.91. The van der Waals surface area contributed by atoms with E-state index in [1.54, 1.807) is 0 Å². The summed E-state index contributed by atoms with van der Waals surface area (Å²) in [6.07, 6.45) is 4.49. The number of morpholine rings is 1. The fourth-order valence-corrected chi connectivity index (χ4v) is 5.53. The van der Waals surface area contributed by atoms with E-state index in [4.69, 9.17) is 21.1 Å². The summed E-state index contributed by atoms with van der Waals surface area (Å²) < 4.78 is 11.6. The number of ketones is 1. The molecule has 0 N–H and O–H groups in total. The molecular formula is C24H29ClN2O4. The number of carbonyl (C=O) groups is 2. The van der Waals surface area contributed by atoms with Gasteiger partial charge in [0, 0.05) is 31.2 Å². The van der Waals surface area contributed by atoms with E-state index in [1.807, 2.05) is 29.2 Å². The molecule has 3 unspecified atom stereocenters. The molecule has 31 heavy (non-hydrogen) atoms. The smallest absolute Gasteiger partial charge is 0.290 e. The molecule has 3 atom stereocenters. The maximum atomic E-state index is 13.5. The lowest BCUT2D eigenvalue weighted by Gasteiger charge is -2.35. The van der Waals surface area contributed by atoms with Gasteiger partial charge in [0.25, 0.3) is 5.91 Å². The first-order valence-corrected chi connectivity index (χ1v) is 11.8. The van der Waals surface area contributed by atoms with E-state index in [1.165, 1.54) is 0 Å². The number of nitrogens with zero attached hydrogens (tertiary/aromatic N) is 2. The lowest BCUT2D eigenvalue weighted by Crippen LogP contribution is -2.39. The van der Waals surface area contributed by atoms with Gasteiger partial charge < -0.3 is 14.4 Å². The molecule has 0 radical (unpaired) electrons. The standard InChI is InChI=1S/C24H29ClN2O4/c25-17-8-6-16(7-9-17)21-20-22(28)18-4-1-2-5-19(18)31-23(20)24(29)27(21)11-3-10-26-12-14-30-15-13-26/h6-9,18-19,21H,1-5,10-15H2. The van der Waals surface area contributed by atoms with Gasteiger partial charge in [-0.25, -0.2) is 0 Å². The number of hydrogen-bond acceptors (Lipinski definition) is 5. The average molecular weight is 445 g/mol. The molecular weight excluding hydrogens is 416 g/mol. The van der Waals surface area contributed by atoms with Crippen LogP contribution < -0.4 is 0 Å². The Morgan fingerprint density at radius 1 is 1.00 bits per heavy atom. The van der Waals surface area contributed by atoms with Crippen LogP contribution >= 0.6 is 11.6 Å². The summed E-state index contributed by atoms with van der Waals surface area (Å²) in [6, 6.07) is 7.10. The Labute approximate surface area is 188 Å². The van der Waals surface area contributed by atoms with Crippen molar-refractivity contribution >= 4 is 23.3 Å². The Morgan fingerprint density at radius 2 is 1.74 bits per heavy atom. The van der Waals surface area contributed by atoms with Crippen LogP contribution in [-0.4, -0.2) is 67.0 Å². The van der Waals surface area contributed by atoms with Crippen molar-refractivity contribution < 1.29 is 19.1 Å². The monoisotopic (exact) mass is 444 g/mol. The van der Waals surface area contributed by atoms with Crippen molar-refractivity contribution in [2.75, 3.05) is 39.4 Å². The third kappa shape index (κ3) is 4.01. The van der Waals surface area contributed by atoms with Gasteiger partial charge in [-0.05, 0) is 43.4 Å². The van der Waals surface area contributed by atoms with Crippen molar-refractivity contribution in [3.8, 4) is 0 Å². The number of fused-ring (bicyclic) bond motifs is 1. The zero-order chi connectivity index (χ0) is 21.4. The first kappa shape index (κ1) is 21.0. The molecule has 0 bridgehead atoms. The summed E-state index contributed by atoms with van der Waals surface area (Å²) >= 11 is 6.11. The molecule has 4 aliphatic rings. The van der Waals surface area contributed by atoms with Crippen molar-refractivity contribution in [2.45, 2.75) is 44.2 Å². The molecule has 6 nitrogen and oxygen atoms in total. The van der Waals surface area contributed by atoms with Crippen LogP contribution in [0.4, 0.5) is 0 Å². The van der Waals surface area contributed by atoms with E-state index >= 15 is 0 Å². The van der Waals surface area contributed by atoms with Crippen molar-refractivity contribution in [1.29, 1.82) is 0 Å². The molecule has 0 aromatic heterocycles. The number of amides is 1. The SMILES string of the molecule is O=C1C2=C(OC3CCCCC13)C(=O)N(CCCN1CCOCC1)C2c1ccc(Cl)cc1. The molecule has 1 aliphatic carbocycles. The van der Waals surface area contributed by atoms with E-state index < -0.39 is 0 Å². The second-order valence-corrected chi connectivity index (χ2v) is 9.35. The van der Waals surface area contributed by atoms with Crippen LogP contribution in [0.25, 0.3) is 0 Å². The quantitative estimate of drug-likeness (QED) is 0.697. The first-order chi connectivity index (χ1) is 15.1. The predicted octanol–water partition coefficient (Wildman–Crippen LogP) is 3.36. The van der Waals surface area contributed by atoms with Crippen LogP contribution in [0.2, 0.25) is 5.02 Å². The lowest BCUT2D eigenvalue weighted by atomic mass is 9.77. The zero-order valence-corrected chi connectivity index (χ0v) is 18.5. The van der Waals surface area contributed by atoms with Gasteiger partial charge in [-0.15, -0.1) is 0 Å². The molecule has 3 heterocycles. The molecule has 1 aromatic rings. The number of hydrogen-bond donors (Lipinski definition) is 0. The lowest BCUT2D eigenvalue weighted by molar-refractivity contribution is -0.135.